The van der Waals surface area contributed by atoms with Crippen molar-refractivity contribution >= 4 is 5.91 Å². The SMILES string of the molecule is Cc1ccc(-n2nc(C(=O)NCCC(C)C)nc2Cc2ccccc2)cc1. The normalized spacial score (nSPS) is 11.0. The van der Waals surface area contributed by atoms with Crippen LogP contribution in [-0.2, 0) is 6.42 Å². The van der Waals surface area contributed by atoms with Gasteiger partial charge in [0.1, 0.15) is 5.82 Å². The van der Waals surface area contributed by atoms with Crippen molar-refractivity contribution in [1.29, 1.82) is 0 Å². The largest absolute Gasteiger partial charge is 0.349 e. The number of hydrogen-bond donors (Lipinski definition) is 1. The summed E-state index contributed by atoms with van der Waals surface area (Å²) in [5.74, 6) is 1.28. The molecule has 0 unspecified atom stereocenters. The first kappa shape index (κ1) is 18.8. The van der Waals surface area contributed by atoms with Crippen molar-refractivity contribution in [3.63, 3.8) is 0 Å². The van der Waals surface area contributed by atoms with Crippen LogP contribution >= 0.6 is 0 Å². The lowest BCUT2D eigenvalue weighted by molar-refractivity contribution is 0.0941. The first-order valence-electron chi connectivity index (χ1n) is 9.38. The van der Waals surface area contributed by atoms with Crippen LogP contribution < -0.4 is 5.32 Å². The molecular formula is C22H26N4O. The summed E-state index contributed by atoms with van der Waals surface area (Å²) in [7, 11) is 0. The molecule has 2 aromatic carbocycles. The molecule has 5 nitrogen and oxygen atoms in total. The fourth-order valence-corrected chi connectivity index (χ4v) is 2.78. The molecule has 0 fully saturated rings. The third kappa shape index (κ3) is 5.03. The van der Waals surface area contributed by atoms with E-state index in [2.05, 4.69) is 41.4 Å². The predicted molar refractivity (Wildman–Crippen MR) is 107 cm³/mol. The van der Waals surface area contributed by atoms with Gasteiger partial charge in [0.15, 0.2) is 0 Å². The van der Waals surface area contributed by atoms with E-state index in [-0.39, 0.29) is 11.7 Å². The van der Waals surface area contributed by atoms with Gasteiger partial charge in [-0.05, 0) is 37.0 Å². The molecule has 27 heavy (non-hydrogen) atoms. The van der Waals surface area contributed by atoms with E-state index < -0.39 is 0 Å². The number of carbonyl (C=O) groups is 1. The summed E-state index contributed by atoms with van der Waals surface area (Å²) in [6, 6.07) is 18.2. The minimum atomic E-state index is -0.226. The summed E-state index contributed by atoms with van der Waals surface area (Å²) in [4.78, 5) is 17.0. The monoisotopic (exact) mass is 362 g/mol. The maximum absolute atomic E-state index is 12.5. The summed E-state index contributed by atoms with van der Waals surface area (Å²) in [6.45, 7) is 6.94. The van der Waals surface area contributed by atoms with Crippen molar-refractivity contribution < 1.29 is 4.79 Å². The maximum Gasteiger partial charge on any atom is 0.290 e. The summed E-state index contributed by atoms with van der Waals surface area (Å²) >= 11 is 0. The van der Waals surface area contributed by atoms with Crippen LogP contribution in [0.4, 0.5) is 0 Å². The second kappa shape index (κ2) is 8.62. The van der Waals surface area contributed by atoms with E-state index >= 15 is 0 Å². The van der Waals surface area contributed by atoms with Crippen LogP contribution in [0.25, 0.3) is 5.69 Å². The first-order chi connectivity index (χ1) is 13.0. The molecular weight excluding hydrogens is 336 g/mol. The Morgan fingerprint density at radius 2 is 1.78 bits per heavy atom. The minimum Gasteiger partial charge on any atom is -0.349 e. The van der Waals surface area contributed by atoms with Gasteiger partial charge in [0.05, 0.1) is 5.69 Å². The molecule has 0 aliphatic rings. The summed E-state index contributed by atoms with van der Waals surface area (Å²) in [5, 5.41) is 7.42. The second-order valence-electron chi connectivity index (χ2n) is 7.20. The van der Waals surface area contributed by atoms with Crippen molar-refractivity contribution in [3.05, 3.63) is 77.4 Å². The number of nitrogens with one attached hydrogen (secondary N) is 1. The lowest BCUT2D eigenvalue weighted by atomic mass is 10.1. The van der Waals surface area contributed by atoms with Gasteiger partial charge in [-0.2, -0.15) is 0 Å². The van der Waals surface area contributed by atoms with Crippen molar-refractivity contribution in [2.75, 3.05) is 6.54 Å². The molecule has 0 saturated carbocycles. The van der Waals surface area contributed by atoms with E-state index in [0.717, 1.165) is 23.5 Å². The molecule has 3 rings (SSSR count). The van der Waals surface area contributed by atoms with Gasteiger partial charge in [-0.25, -0.2) is 9.67 Å². The third-order valence-corrected chi connectivity index (χ3v) is 4.37. The molecule has 1 aromatic heterocycles. The average Bonchev–Trinajstić information content (AvgIpc) is 3.07. The Kier molecular flexibility index (Phi) is 6.01. The Morgan fingerprint density at radius 3 is 2.44 bits per heavy atom. The molecule has 0 spiro atoms. The molecule has 0 saturated heterocycles. The standard InChI is InChI=1S/C22H26N4O/c1-16(2)13-14-23-22(27)21-24-20(15-18-7-5-4-6-8-18)26(25-21)19-11-9-17(3)10-12-19/h4-12,16H,13-15H2,1-3H3,(H,23,27). The fraction of sp³-hybridized carbons (Fsp3) is 0.318. The van der Waals surface area contributed by atoms with Gasteiger partial charge in [-0.15, -0.1) is 5.10 Å². The lowest BCUT2D eigenvalue weighted by Gasteiger charge is -2.06. The van der Waals surface area contributed by atoms with E-state index in [4.69, 9.17) is 0 Å². The first-order valence-corrected chi connectivity index (χ1v) is 9.38. The Bertz CT molecular complexity index is 882. The number of rotatable bonds is 7. The zero-order chi connectivity index (χ0) is 19.2. The zero-order valence-corrected chi connectivity index (χ0v) is 16.1. The van der Waals surface area contributed by atoms with Crippen LogP contribution in [-0.4, -0.2) is 27.2 Å². The molecule has 0 aliphatic carbocycles. The second-order valence-corrected chi connectivity index (χ2v) is 7.20. The topological polar surface area (TPSA) is 59.8 Å². The lowest BCUT2D eigenvalue weighted by Crippen LogP contribution is -2.26. The van der Waals surface area contributed by atoms with Crippen molar-refractivity contribution in [2.45, 2.75) is 33.6 Å². The summed E-state index contributed by atoms with van der Waals surface area (Å²) in [6.07, 6.45) is 1.54. The maximum atomic E-state index is 12.5. The third-order valence-electron chi connectivity index (χ3n) is 4.37. The zero-order valence-electron chi connectivity index (χ0n) is 16.1. The Hall–Kier alpha value is -2.95. The molecule has 3 aromatic rings. The van der Waals surface area contributed by atoms with Crippen molar-refractivity contribution in [2.24, 2.45) is 5.92 Å². The highest BCUT2D eigenvalue weighted by molar-refractivity contribution is 5.90. The number of carbonyl (C=O) groups excluding carboxylic acids is 1. The van der Waals surface area contributed by atoms with E-state index in [0.29, 0.717) is 18.9 Å². The quantitative estimate of drug-likeness (QED) is 0.692. The van der Waals surface area contributed by atoms with Crippen molar-refractivity contribution in [3.8, 4) is 5.69 Å². The van der Waals surface area contributed by atoms with Gasteiger partial charge >= 0.3 is 0 Å². The number of aryl methyl sites for hydroxylation is 1. The van der Waals surface area contributed by atoms with Gasteiger partial charge in [0, 0.05) is 13.0 Å². The molecule has 1 N–H and O–H groups in total. The number of hydrogen-bond acceptors (Lipinski definition) is 3. The summed E-state index contributed by atoms with van der Waals surface area (Å²) in [5.41, 5.74) is 3.21. The smallest absolute Gasteiger partial charge is 0.290 e. The van der Waals surface area contributed by atoms with Gasteiger partial charge in [-0.1, -0.05) is 61.9 Å². The molecule has 140 valence electrons. The molecule has 0 atom stereocenters. The van der Waals surface area contributed by atoms with Crippen LogP contribution in [0, 0.1) is 12.8 Å². The Balaban J connectivity index is 1.88. The number of amides is 1. The van der Waals surface area contributed by atoms with Gasteiger partial charge in [-0.3, -0.25) is 4.79 Å². The highest BCUT2D eigenvalue weighted by Gasteiger charge is 2.17. The Labute approximate surface area is 160 Å². The molecule has 1 amide bonds. The molecule has 5 heteroatoms. The van der Waals surface area contributed by atoms with Gasteiger partial charge in [0.2, 0.25) is 5.82 Å². The van der Waals surface area contributed by atoms with E-state index in [9.17, 15) is 4.79 Å². The molecule has 0 aliphatic heterocycles. The minimum absolute atomic E-state index is 0.213. The van der Waals surface area contributed by atoms with Crippen LogP contribution in [0.1, 0.15) is 47.8 Å². The number of nitrogens with zero attached hydrogens (tertiary/aromatic N) is 3. The van der Waals surface area contributed by atoms with Crippen LogP contribution in [0.3, 0.4) is 0 Å². The van der Waals surface area contributed by atoms with Crippen molar-refractivity contribution in [1.82, 2.24) is 20.1 Å². The predicted octanol–water partition coefficient (Wildman–Crippen LogP) is 3.94. The molecule has 0 radical (unpaired) electrons. The molecule has 1 heterocycles. The number of benzene rings is 2. The Morgan fingerprint density at radius 1 is 1.07 bits per heavy atom. The van der Waals surface area contributed by atoms with Gasteiger partial charge in [0.25, 0.3) is 5.91 Å². The van der Waals surface area contributed by atoms with E-state index in [1.54, 1.807) is 4.68 Å². The van der Waals surface area contributed by atoms with E-state index in [1.807, 2.05) is 49.4 Å². The number of aromatic nitrogens is 3. The average molecular weight is 362 g/mol. The highest BCUT2D eigenvalue weighted by atomic mass is 16.2. The fourth-order valence-electron chi connectivity index (χ4n) is 2.78. The summed E-state index contributed by atoms with van der Waals surface area (Å²) < 4.78 is 1.77. The molecule has 0 bridgehead atoms. The van der Waals surface area contributed by atoms with Crippen LogP contribution in [0.5, 0.6) is 0 Å². The van der Waals surface area contributed by atoms with Gasteiger partial charge < -0.3 is 5.32 Å². The van der Waals surface area contributed by atoms with Crippen LogP contribution in [0.15, 0.2) is 54.6 Å². The highest BCUT2D eigenvalue weighted by Crippen LogP contribution is 2.15. The van der Waals surface area contributed by atoms with E-state index in [1.165, 1.54) is 5.56 Å². The van der Waals surface area contributed by atoms with Crippen LogP contribution in [0.2, 0.25) is 0 Å².